The van der Waals surface area contributed by atoms with Gasteiger partial charge in [-0.2, -0.15) is 0 Å². The van der Waals surface area contributed by atoms with Crippen LogP contribution in [0.1, 0.15) is 22.3 Å². The average Bonchev–Trinajstić information content (AvgIpc) is 2.54. The number of esters is 1. The number of Topliss-reactive ketones (excluding diaryl/α,β-unsaturated/α-hetero) is 1. The number of benzene rings is 2. The molecule has 0 aromatic heterocycles. The zero-order chi connectivity index (χ0) is 16.8. The molecule has 23 heavy (non-hydrogen) atoms. The normalized spacial score (nSPS) is 11.7. The molecular formula is C18H17BrO4. The minimum absolute atomic E-state index is 0.0171. The van der Waals surface area contributed by atoms with Crippen LogP contribution in [0.25, 0.3) is 0 Å². The van der Waals surface area contributed by atoms with E-state index in [0.717, 1.165) is 5.56 Å². The number of phenolic OH excluding ortho intramolecular Hbond substituents is 1. The standard InChI is InChI=1S/C18H17BrO4/c1-23-18(22)13(9-12-5-3-2-4-6-12)10-16(20)15-8-7-14(19)11-17(15)21/h2-8,11,13,21H,9-10H2,1H3/t13-/m1/s1. The molecule has 2 rings (SSSR count). The minimum atomic E-state index is -0.585. The molecule has 0 aliphatic rings. The van der Waals surface area contributed by atoms with Gasteiger partial charge >= 0.3 is 5.97 Å². The van der Waals surface area contributed by atoms with E-state index in [1.54, 1.807) is 12.1 Å². The minimum Gasteiger partial charge on any atom is -0.507 e. The summed E-state index contributed by atoms with van der Waals surface area (Å²) in [6.07, 6.45) is 0.396. The van der Waals surface area contributed by atoms with Crippen LogP contribution >= 0.6 is 15.9 Å². The van der Waals surface area contributed by atoms with Gasteiger partial charge in [-0.15, -0.1) is 0 Å². The third kappa shape index (κ3) is 4.66. The Morgan fingerprint density at radius 3 is 2.48 bits per heavy atom. The summed E-state index contributed by atoms with van der Waals surface area (Å²) in [5.41, 5.74) is 1.16. The summed E-state index contributed by atoms with van der Waals surface area (Å²) in [6.45, 7) is 0. The van der Waals surface area contributed by atoms with E-state index in [0.29, 0.717) is 10.9 Å². The van der Waals surface area contributed by atoms with Crippen LogP contribution in [0.3, 0.4) is 0 Å². The monoisotopic (exact) mass is 376 g/mol. The fourth-order valence-corrected chi connectivity index (χ4v) is 2.73. The lowest BCUT2D eigenvalue weighted by atomic mass is 9.92. The molecular weight excluding hydrogens is 360 g/mol. The highest BCUT2D eigenvalue weighted by atomic mass is 79.9. The van der Waals surface area contributed by atoms with Crippen LogP contribution in [0.4, 0.5) is 0 Å². The molecule has 0 amide bonds. The van der Waals surface area contributed by atoms with Crippen molar-refractivity contribution < 1.29 is 19.4 Å². The van der Waals surface area contributed by atoms with Crippen molar-refractivity contribution in [3.63, 3.8) is 0 Å². The molecule has 4 nitrogen and oxygen atoms in total. The zero-order valence-corrected chi connectivity index (χ0v) is 14.2. The molecule has 1 N–H and O–H groups in total. The molecule has 1 atom stereocenters. The Hall–Kier alpha value is -2.14. The highest BCUT2D eigenvalue weighted by Gasteiger charge is 2.25. The highest BCUT2D eigenvalue weighted by molar-refractivity contribution is 9.10. The number of phenols is 1. The van der Waals surface area contributed by atoms with Crippen LogP contribution in [0.15, 0.2) is 53.0 Å². The highest BCUT2D eigenvalue weighted by Crippen LogP contribution is 2.25. The number of hydrogen-bond donors (Lipinski definition) is 1. The topological polar surface area (TPSA) is 63.6 Å². The first-order valence-corrected chi connectivity index (χ1v) is 7.94. The quantitative estimate of drug-likeness (QED) is 0.615. The fraction of sp³-hybridized carbons (Fsp3) is 0.222. The molecule has 0 aliphatic heterocycles. The van der Waals surface area contributed by atoms with E-state index in [4.69, 9.17) is 4.74 Å². The summed E-state index contributed by atoms with van der Waals surface area (Å²) < 4.78 is 5.49. The second-order valence-electron chi connectivity index (χ2n) is 5.20. The van der Waals surface area contributed by atoms with Crippen molar-refractivity contribution in [2.45, 2.75) is 12.8 Å². The van der Waals surface area contributed by atoms with Crippen molar-refractivity contribution in [3.8, 4) is 5.75 Å². The second-order valence-corrected chi connectivity index (χ2v) is 6.11. The fourth-order valence-electron chi connectivity index (χ4n) is 2.38. The van der Waals surface area contributed by atoms with Crippen molar-refractivity contribution >= 4 is 27.7 Å². The Bertz CT molecular complexity index is 697. The van der Waals surface area contributed by atoms with Crippen LogP contribution in [-0.2, 0) is 16.0 Å². The molecule has 5 heteroatoms. The molecule has 0 bridgehead atoms. The molecule has 0 radical (unpaired) electrons. The first-order valence-electron chi connectivity index (χ1n) is 7.14. The van der Waals surface area contributed by atoms with Gasteiger partial charge in [-0.1, -0.05) is 46.3 Å². The van der Waals surface area contributed by atoms with Crippen LogP contribution in [-0.4, -0.2) is 24.0 Å². The van der Waals surface area contributed by atoms with Gasteiger partial charge in [0, 0.05) is 10.9 Å². The molecule has 0 saturated carbocycles. The molecule has 0 spiro atoms. The van der Waals surface area contributed by atoms with E-state index in [9.17, 15) is 14.7 Å². The van der Waals surface area contributed by atoms with E-state index < -0.39 is 11.9 Å². The smallest absolute Gasteiger partial charge is 0.309 e. The maximum Gasteiger partial charge on any atom is 0.309 e. The number of carbonyl (C=O) groups excluding carboxylic acids is 2. The predicted molar refractivity (Wildman–Crippen MR) is 90.4 cm³/mol. The van der Waals surface area contributed by atoms with Gasteiger partial charge in [0.1, 0.15) is 5.75 Å². The average molecular weight is 377 g/mol. The van der Waals surface area contributed by atoms with E-state index in [-0.39, 0.29) is 23.5 Å². The summed E-state index contributed by atoms with van der Waals surface area (Å²) in [7, 11) is 1.31. The zero-order valence-electron chi connectivity index (χ0n) is 12.7. The summed E-state index contributed by atoms with van der Waals surface area (Å²) in [5, 5.41) is 9.89. The van der Waals surface area contributed by atoms with Crippen molar-refractivity contribution in [2.24, 2.45) is 5.92 Å². The SMILES string of the molecule is COC(=O)[C@@H](CC(=O)c1ccc(Br)cc1O)Cc1ccccc1. The second kappa shape index (κ2) is 7.92. The first-order chi connectivity index (χ1) is 11.0. The third-order valence-electron chi connectivity index (χ3n) is 3.55. The van der Waals surface area contributed by atoms with E-state index in [1.165, 1.54) is 13.2 Å². The van der Waals surface area contributed by atoms with Crippen LogP contribution in [0, 0.1) is 5.92 Å². The summed E-state index contributed by atoms with van der Waals surface area (Å²) in [4.78, 5) is 24.4. The molecule has 0 saturated heterocycles. The summed E-state index contributed by atoms with van der Waals surface area (Å²) >= 11 is 3.23. The van der Waals surface area contributed by atoms with Crippen molar-refractivity contribution in [1.29, 1.82) is 0 Å². The van der Waals surface area contributed by atoms with Crippen LogP contribution in [0.2, 0.25) is 0 Å². The number of hydrogen-bond acceptors (Lipinski definition) is 4. The number of ether oxygens (including phenoxy) is 1. The van der Waals surface area contributed by atoms with Crippen molar-refractivity contribution in [1.82, 2.24) is 0 Å². The summed E-state index contributed by atoms with van der Waals surface area (Å²) in [6, 6.07) is 14.1. The van der Waals surface area contributed by atoms with E-state index >= 15 is 0 Å². The number of halogens is 1. The van der Waals surface area contributed by atoms with Gasteiger partial charge in [0.25, 0.3) is 0 Å². The van der Waals surface area contributed by atoms with Crippen molar-refractivity contribution in [2.75, 3.05) is 7.11 Å². The Morgan fingerprint density at radius 2 is 1.87 bits per heavy atom. The molecule has 0 unspecified atom stereocenters. The lowest BCUT2D eigenvalue weighted by molar-refractivity contribution is -0.145. The Balaban J connectivity index is 2.17. The van der Waals surface area contributed by atoms with Crippen molar-refractivity contribution in [3.05, 3.63) is 64.1 Å². The summed E-state index contributed by atoms with van der Waals surface area (Å²) in [5.74, 6) is -1.41. The van der Waals surface area contributed by atoms with Gasteiger partial charge in [-0.25, -0.2) is 0 Å². The third-order valence-corrected chi connectivity index (χ3v) is 4.04. The Labute approximate surface area is 143 Å². The molecule has 120 valence electrons. The lowest BCUT2D eigenvalue weighted by Crippen LogP contribution is -2.22. The Kier molecular flexibility index (Phi) is 5.93. The van der Waals surface area contributed by atoms with Gasteiger partial charge in [-0.05, 0) is 30.2 Å². The van der Waals surface area contributed by atoms with Crippen LogP contribution < -0.4 is 0 Å². The molecule has 2 aromatic carbocycles. The maximum absolute atomic E-state index is 12.4. The van der Waals surface area contributed by atoms with Gasteiger partial charge in [0.15, 0.2) is 5.78 Å². The van der Waals surface area contributed by atoms with Gasteiger partial charge < -0.3 is 9.84 Å². The first kappa shape index (κ1) is 17.2. The lowest BCUT2D eigenvalue weighted by Gasteiger charge is -2.14. The van der Waals surface area contributed by atoms with E-state index in [1.807, 2.05) is 30.3 Å². The largest absolute Gasteiger partial charge is 0.507 e. The predicted octanol–water partition coefficient (Wildman–Crippen LogP) is 3.76. The van der Waals surface area contributed by atoms with Gasteiger partial charge in [-0.3, -0.25) is 9.59 Å². The number of ketones is 1. The Morgan fingerprint density at radius 1 is 1.17 bits per heavy atom. The maximum atomic E-state index is 12.4. The molecule has 0 heterocycles. The number of rotatable bonds is 6. The van der Waals surface area contributed by atoms with Gasteiger partial charge in [0.05, 0.1) is 18.6 Å². The number of methoxy groups -OCH3 is 1. The molecule has 2 aromatic rings. The molecule has 0 aliphatic carbocycles. The van der Waals surface area contributed by atoms with Gasteiger partial charge in [0.2, 0.25) is 0 Å². The number of aromatic hydroxyl groups is 1. The van der Waals surface area contributed by atoms with Crippen LogP contribution in [0.5, 0.6) is 5.75 Å². The van der Waals surface area contributed by atoms with E-state index in [2.05, 4.69) is 15.9 Å². The number of carbonyl (C=O) groups is 2. The molecule has 0 fully saturated rings.